The van der Waals surface area contributed by atoms with E-state index in [1.54, 1.807) is 61.5 Å². The largest absolute Gasteiger partial charge is 0.496 e. The summed E-state index contributed by atoms with van der Waals surface area (Å²) < 4.78 is 13.1. The van der Waals surface area contributed by atoms with Crippen molar-refractivity contribution in [2.45, 2.75) is 37.6 Å². The van der Waals surface area contributed by atoms with Crippen LogP contribution in [0.25, 0.3) is 27.8 Å². The number of fused-ring (bicyclic) bond motifs is 1. The Morgan fingerprint density at radius 3 is 2.33 bits per heavy atom. The number of nitrogens with two attached hydrogens (primary N) is 1. The zero-order valence-electron chi connectivity index (χ0n) is 23.3. The number of hydrogen-bond acceptors (Lipinski definition) is 7. The van der Waals surface area contributed by atoms with Crippen LogP contribution in [0.2, 0.25) is 5.02 Å². The molecule has 0 aliphatic heterocycles. The maximum Gasteiger partial charge on any atom is 0.319 e. The highest BCUT2D eigenvalue weighted by atomic mass is 35.5. The minimum absolute atomic E-state index is 0.0385. The summed E-state index contributed by atoms with van der Waals surface area (Å²) in [5.41, 5.74) is 6.50. The van der Waals surface area contributed by atoms with Gasteiger partial charge in [0.15, 0.2) is 5.41 Å². The predicted molar refractivity (Wildman–Crippen MR) is 157 cm³/mol. The van der Waals surface area contributed by atoms with Gasteiger partial charge in [-0.05, 0) is 92.3 Å². The zero-order chi connectivity index (χ0) is 29.4. The van der Waals surface area contributed by atoms with Crippen LogP contribution in [0.1, 0.15) is 42.6 Å². The molecule has 4 bridgehead atoms. The van der Waals surface area contributed by atoms with E-state index in [2.05, 4.69) is 4.98 Å². The van der Waals surface area contributed by atoms with Gasteiger partial charge in [0.25, 0.3) is 0 Å². The monoisotopic (exact) mass is 586 g/mol. The second-order valence-corrected chi connectivity index (χ2v) is 12.4. The van der Waals surface area contributed by atoms with Crippen molar-refractivity contribution in [2.24, 2.45) is 28.9 Å². The Balaban J connectivity index is 1.48. The molecule has 10 heteroatoms. The second-order valence-electron chi connectivity index (χ2n) is 12.0. The number of methoxy groups -OCH3 is 2. The third kappa shape index (κ3) is 3.66. The van der Waals surface area contributed by atoms with Crippen molar-refractivity contribution >= 4 is 34.3 Å². The number of Topliss-reactive ketones (excluding diaryl/α,β-unsaturated/α-hetero) is 1. The molecule has 3 unspecified atom stereocenters. The number of halogens is 1. The average molecular weight is 587 g/mol. The summed E-state index contributed by atoms with van der Waals surface area (Å²) in [6.07, 6.45) is 5.15. The minimum atomic E-state index is -1.75. The van der Waals surface area contributed by atoms with E-state index < -0.39 is 22.7 Å². The lowest BCUT2D eigenvalue weighted by Crippen LogP contribution is -2.74. The van der Waals surface area contributed by atoms with Crippen LogP contribution < -0.4 is 15.2 Å². The number of ketones is 1. The third-order valence-corrected chi connectivity index (χ3v) is 10.1. The molecular weight excluding hydrogens is 556 g/mol. The first-order valence-electron chi connectivity index (χ1n) is 14.1. The number of pyridine rings is 1. The van der Waals surface area contributed by atoms with Gasteiger partial charge in [-0.25, -0.2) is 4.68 Å². The lowest BCUT2D eigenvalue weighted by Gasteiger charge is -2.63. The van der Waals surface area contributed by atoms with E-state index in [4.69, 9.17) is 31.9 Å². The van der Waals surface area contributed by atoms with Gasteiger partial charge < -0.3 is 20.3 Å². The van der Waals surface area contributed by atoms with Crippen molar-refractivity contribution in [1.29, 1.82) is 0 Å². The molecule has 0 saturated heterocycles. The molecule has 2 heterocycles. The number of aromatic nitrogens is 3. The van der Waals surface area contributed by atoms with E-state index in [1.165, 1.54) is 0 Å². The Morgan fingerprint density at radius 2 is 1.71 bits per heavy atom. The number of carbonyl (C=O) groups is 2. The standard InChI is InChI=1S/C32H31ClN4O5/c1-41-26-4-3-5-27(42-2)28(26)25-14-23(36-37(25)24-8-9-35-22-13-20(33)6-7-21(22)24)29(38)32(30(39)40)19-11-17-10-18(12-19)16-31(32,34)15-17/h3-9,13-14,17-19H,10-12,15-16,34H2,1-2H3,(H,39,40). The van der Waals surface area contributed by atoms with E-state index in [0.717, 1.165) is 11.8 Å². The van der Waals surface area contributed by atoms with E-state index in [-0.39, 0.29) is 11.6 Å². The maximum absolute atomic E-state index is 14.7. The second kappa shape index (κ2) is 9.54. The summed E-state index contributed by atoms with van der Waals surface area (Å²) >= 11 is 6.27. The van der Waals surface area contributed by atoms with E-state index in [0.29, 0.717) is 76.5 Å². The highest BCUT2D eigenvalue weighted by Crippen LogP contribution is 2.64. The number of aliphatic carboxylic acids is 1. The van der Waals surface area contributed by atoms with Crippen molar-refractivity contribution in [1.82, 2.24) is 14.8 Å². The topological polar surface area (TPSA) is 130 Å². The van der Waals surface area contributed by atoms with Crippen LogP contribution in [-0.2, 0) is 4.79 Å². The quantitative estimate of drug-likeness (QED) is 0.213. The van der Waals surface area contributed by atoms with E-state index in [9.17, 15) is 14.7 Å². The molecule has 216 valence electrons. The highest BCUT2D eigenvalue weighted by Gasteiger charge is 2.71. The molecule has 42 heavy (non-hydrogen) atoms. The number of carbonyl (C=O) groups excluding carboxylic acids is 1. The Hall–Kier alpha value is -3.95. The van der Waals surface area contributed by atoms with E-state index >= 15 is 0 Å². The van der Waals surface area contributed by atoms with Crippen molar-refractivity contribution in [3.05, 3.63) is 65.4 Å². The van der Waals surface area contributed by atoms with Crippen LogP contribution in [0.5, 0.6) is 11.5 Å². The van der Waals surface area contributed by atoms with Gasteiger partial charge in [-0.3, -0.25) is 14.6 Å². The molecule has 0 radical (unpaired) electrons. The fourth-order valence-corrected chi connectivity index (χ4v) is 8.61. The lowest BCUT2D eigenvalue weighted by molar-refractivity contribution is -0.171. The molecule has 0 amide bonds. The summed E-state index contributed by atoms with van der Waals surface area (Å²) in [6.45, 7) is 0. The van der Waals surface area contributed by atoms with Crippen molar-refractivity contribution in [3.63, 3.8) is 0 Å². The Labute approximate surface area is 247 Å². The van der Waals surface area contributed by atoms with Gasteiger partial charge in [-0.1, -0.05) is 17.7 Å². The van der Waals surface area contributed by atoms with Crippen LogP contribution in [0.4, 0.5) is 0 Å². The average Bonchev–Trinajstić information content (AvgIpc) is 3.40. The summed E-state index contributed by atoms with van der Waals surface area (Å²) in [5, 5.41) is 17.0. The van der Waals surface area contributed by atoms with Crippen LogP contribution in [-0.4, -0.2) is 51.4 Å². The number of nitrogens with zero attached hydrogens (tertiary/aromatic N) is 3. The fourth-order valence-electron chi connectivity index (χ4n) is 8.44. The smallest absolute Gasteiger partial charge is 0.319 e. The van der Waals surface area contributed by atoms with Gasteiger partial charge in [0.05, 0.1) is 36.7 Å². The summed E-state index contributed by atoms with van der Waals surface area (Å²) in [6, 6.07) is 14.2. The van der Waals surface area contributed by atoms with Gasteiger partial charge in [-0.2, -0.15) is 5.10 Å². The Morgan fingerprint density at radius 1 is 1.02 bits per heavy atom. The third-order valence-electron chi connectivity index (χ3n) is 9.84. The molecule has 8 rings (SSSR count). The number of carboxylic acids is 1. The van der Waals surface area contributed by atoms with Gasteiger partial charge in [-0.15, -0.1) is 0 Å². The molecule has 4 fully saturated rings. The lowest BCUT2D eigenvalue weighted by atomic mass is 9.41. The normalized spacial score (nSPS) is 27.8. The van der Waals surface area contributed by atoms with Gasteiger partial charge in [0.1, 0.15) is 17.2 Å². The molecule has 4 saturated carbocycles. The summed E-state index contributed by atoms with van der Waals surface area (Å²) in [5.74, 6) is -0.313. The number of ether oxygens (including phenoxy) is 2. The zero-order valence-corrected chi connectivity index (χ0v) is 24.1. The minimum Gasteiger partial charge on any atom is -0.496 e. The number of carboxylic acid groups (broad SMARTS) is 1. The van der Waals surface area contributed by atoms with Crippen LogP contribution >= 0.6 is 11.6 Å². The molecule has 3 N–H and O–H groups in total. The first-order valence-corrected chi connectivity index (χ1v) is 14.5. The first kappa shape index (κ1) is 26.9. The molecular formula is C32H31ClN4O5. The predicted octanol–water partition coefficient (Wildman–Crippen LogP) is 5.55. The molecule has 4 aliphatic rings. The van der Waals surface area contributed by atoms with Crippen molar-refractivity contribution < 1.29 is 24.2 Å². The van der Waals surface area contributed by atoms with Crippen molar-refractivity contribution in [3.8, 4) is 28.4 Å². The van der Waals surface area contributed by atoms with Gasteiger partial charge >= 0.3 is 5.97 Å². The number of benzene rings is 2. The molecule has 4 aromatic rings. The SMILES string of the molecule is COc1cccc(OC)c1-c1cc(C(=O)C2(C(=O)O)C3CC4CC(C3)CC2(N)C4)nn1-c1ccnc2cc(Cl)ccc12. The van der Waals surface area contributed by atoms with Crippen LogP contribution in [0, 0.1) is 23.2 Å². The molecule has 2 aromatic carbocycles. The highest BCUT2D eigenvalue weighted by molar-refractivity contribution is 6.31. The molecule has 3 atom stereocenters. The van der Waals surface area contributed by atoms with Crippen molar-refractivity contribution in [2.75, 3.05) is 14.2 Å². The molecule has 4 aliphatic carbocycles. The van der Waals surface area contributed by atoms with Crippen LogP contribution in [0.15, 0.2) is 54.7 Å². The number of hydrogen-bond donors (Lipinski definition) is 2. The number of rotatable bonds is 7. The van der Waals surface area contributed by atoms with Gasteiger partial charge in [0.2, 0.25) is 5.78 Å². The molecule has 2 aromatic heterocycles. The first-order chi connectivity index (χ1) is 20.2. The van der Waals surface area contributed by atoms with Crippen LogP contribution in [0.3, 0.4) is 0 Å². The maximum atomic E-state index is 14.7. The fraction of sp³-hybridized carbons (Fsp3) is 0.375. The summed E-state index contributed by atoms with van der Waals surface area (Å²) in [7, 11) is 3.11. The Bertz CT molecular complexity index is 1730. The van der Waals surface area contributed by atoms with Gasteiger partial charge in [0, 0.05) is 22.1 Å². The molecule has 0 spiro atoms. The van der Waals surface area contributed by atoms with E-state index in [1.807, 2.05) is 12.1 Å². The Kier molecular flexibility index (Phi) is 6.11. The summed E-state index contributed by atoms with van der Waals surface area (Å²) in [4.78, 5) is 32.5. The molecule has 9 nitrogen and oxygen atoms in total.